The molecule has 0 saturated carbocycles. The van der Waals surface area contributed by atoms with Crippen LogP contribution in [-0.2, 0) is 25.5 Å². The maximum atomic E-state index is 12.2. The molecule has 0 aliphatic carbocycles. The maximum Gasteiger partial charge on any atom is 0.310 e. The zero-order valence-electron chi connectivity index (χ0n) is 17.6. The third-order valence-electron chi connectivity index (χ3n) is 4.72. The second-order valence-corrected chi connectivity index (χ2v) is 7.59. The Labute approximate surface area is 191 Å². The van der Waals surface area contributed by atoms with E-state index in [0.717, 1.165) is 16.7 Å². The molecule has 0 unspecified atom stereocenters. The fraction of sp³-hybridized carbons (Fsp3) is 0.160. The number of benzene rings is 3. The summed E-state index contributed by atoms with van der Waals surface area (Å²) in [6.07, 6.45) is 0.0546. The van der Waals surface area contributed by atoms with Gasteiger partial charge in [0.15, 0.2) is 6.61 Å². The molecule has 6 nitrogen and oxygen atoms in total. The van der Waals surface area contributed by atoms with Crippen molar-refractivity contribution in [2.24, 2.45) is 0 Å². The van der Waals surface area contributed by atoms with Crippen LogP contribution in [0.1, 0.15) is 5.56 Å². The molecular formula is C25H23ClN2O4. The number of carbonyl (C=O) groups is 3. The number of hydrogen-bond donors (Lipinski definition) is 1. The molecule has 0 aromatic heterocycles. The van der Waals surface area contributed by atoms with Gasteiger partial charge >= 0.3 is 5.97 Å². The Morgan fingerprint density at radius 1 is 0.875 bits per heavy atom. The molecule has 0 atom stereocenters. The molecular weight excluding hydrogens is 428 g/mol. The predicted octanol–water partition coefficient (Wildman–Crippen LogP) is 4.19. The number of nitrogens with zero attached hydrogens (tertiary/aromatic N) is 1. The summed E-state index contributed by atoms with van der Waals surface area (Å²) in [5.41, 5.74) is 3.39. The number of anilines is 1. The number of likely N-dealkylation sites (N-methyl/N-ethyl adjacent to an activating group) is 1. The SMILES string of the molecule is CN(CC(=O)Nc1ccccc1Cl)C(=O)COC(=O)Cc1ccc(-c2ccccc2)cc1. The number of rotatable bonds is 8. The van der Waals surface area contributed by atoms with Crippen LogP contribution in [0.15, 0.2) is 78.9 Å². The van der Waals surface area contributed by atoms with Crippen molar-refractivity contribution in [1.82, 2.24) is 4.90 Å². The second kappa shape index (κ2) is 11.1. The fourth-order valence-corrected chi connectivity index (χ4v) is 3.15. The van der Waals surface area contributed by atoms with Gasteiger partial charge in [-0.3, -0.25) is 14.4 Å². The molecule has 0 aliphatic rings. The molecule has 7 heteroatoms. The van der Waals surface area contributed by atoms with Gasteiger partial charge in [-0.05, 0) is 28.8 Å². The minimum Gasteiger partial charge on any atom is -0.455 e. The number of para-hydroxylation sites is 1. The van der Waals surface area contributed by atoms with E-state index in [0.29, 0.717) is 10.7 Å². The Morgan fingerprint density at radius 2 is 1.50 bits per heavy atom. The van der Waals surface area contributed by atoms with E-state index >= 15 is 0 Å². The average molecular weight is 451 g/mol. The maximum absolute atomic E-state index is 12.2. The lowest BCUT2D eigenvalue weighted by atomic mass is 10.0. The van der Waals surface area contributed by atoms with Gasteiger partial charge in [-0.25, -0.2) is 0 Å². The van der Waals surface area contributed by atoms with Gasteiger partial charge in [0, 0.05) is 7.05 Å². The number of ether oxygens (including phenoxy) is 1. The number of esters is 1. The van der Waals surface area contributed by atoms with Crippen molar-refractivity contribution in [3.63, 3.8) is 0 Å². The van der Waals surface area contributed by atoms with E-state index in [1.807, 2.05) is 54.6 Å². The van der Waals surface area contributed by atoms with E-state index in [9.17, 15) is 14.4 Å². The summed E-state index contributed by atoms with van der Waals surface area (Å²) < 4.78 is 5.08. The van der Waals surface area contributed by atoms with Crippen molar-refractivity contribution >= 4 is 35.1 Å². The van der Waals surface area contributed by atoms with E-state index in [-0.39, 0.29) is 13.0 Å². The summed E-state index contributed by atoms with van der Waals surface area (Å²) in [6, 6.07) is 24.3. The minimum absolute atomic E-state index is 0.0546. The van der Waals surface area contributed by atoms with Gasteiger partial charge in [0.05, 0.1) is 23.7 Å². The Morgan fingerprint density at radius 3 is 2.19 bits per heavy atom. The average Bonchev–Trinajstić information content (AvgIpc) is 2.80. The van der Waals surface area contributed by atoms with Crippen LogP contribution in [0.5, 0.6) is 0 Å². The van der Waals surface area contributed by atoms with Crippen LogP contribution < -0.4 is 5.32 Å². The number of amides is 2. The van der Waals surface area contributed by atoms with Gasteiger partial charge in [-0.1, -0.05) is 78.3 Å². The van der Waals surface area contributed by atoms with E-state index in [1.165, 1.54) is 11.9 Å². The van der Waals surface area contributed by atoms with E-state index in [1.54, 1.807) is 24.3 Å². The van der Waals surface area contributed by atoms with E-state index in [2.05, 4.69) is 5.32 Å². The fourth-order valence-electron chi connectivity index (χ4n) is 2.97. The minimum atomic E-state index is -0.514. The largest absolute Gasteiger partial charge is 0.455 e. The Bertz CT molecular complexity index is 1080. The third kappa shape index (κ3) is 6.68. The molecule has 0 aliphatic heterocycles. The van der Waals surface area contributed by atoms with Crippen molar-refractivity contribution in [3.05, 3.63) is 89.4 Å². The first-order chi connectivity index (χ1) is 15.4. The highest BCUT2D eigenvalue weighted by Gasteiger charge is 2.16. The Kier molecular flexibility index (Phi) is 8.00. The van der Waals surface area contributed by atoms with Gasteiger partial charge in [-0.2, -0.15) is 0 Å². The first-order valence-corrected chi connectivity index (χ1v) is 10.4. The zero-order chi connectivity index (χ0) is 22.9. The highest BCUT2D eigenvalue weighted by Crippen LogP contribution is 2.20. The van der Waals surface area contributed by atoms with Crippen LogP contribution in [0, 0.1) is 0 Å². The monoisotopic (exact) mass is 450 g/mol. The predicted molar refractivity (Wildman–Crippen MR) is 124 cm³/mol. The summed E-state index contributed by atoms with van der Waals surface area (Å²) in [5, 5.41) is 3.04. The molecule has 1 N–H and O–H groups in total. The van der Waals surface area contributed by atoms with Crippen LogP contribution in [0.25, 0.3) is 11.1 Å². The molecule has 0 heterocycles. The zero-order valence-corrected chi connectivity index (χ0v) is 18.3. The van der Waals surface area contributed by atoms with Crippen LogP contribution in [0.4, 0.5) is 5.69 Å². The number of hydrogen-bond acceptors (Lipinski definition) is 4. The molecule has 164 valence electrons. The van der Waals surface area contributed by atoms with Crippen LogP contribution >= 0.6 is 11.6 Å². The molecule has 3 aromatic rings. The van der Waals surface area contributed by atoms with E-state index < -0.39 is 24.4 Å². The summed E-state index contributed by atoms with van der Waals surface area (Å²) >= 11 is 6.01. The summed E-state index contributed by atoms with van der Waals surface area (Å²) in [7, 11) is 1.46. The van der Waals surface area contributed by atoms with Crippen molar-refractivity contribution in [3.8, 4) is 11.1 Å². The van der Waals surface area contributed by atoms with Gasteiger partial charge in [-0.15, -0.1) is 0 Å². The van der Waals surface area contributed by atoms with Crippen LogP contribution in [0.3, 0.4) is 0 Å². The van der Waals surface area contributed by atoms with Gasteiger partial charge in [0.1, 0.15) is 0 Å². The van der Waals surface area contributed by atoms with Crippen molar-refractivity contribution < 1.29 is 19.1 Å². The molecule has 0 saturated heterocycles. The molecule has 3 rings (SSSR count). The summed E-state index contributed by atoms with van der Waals surface area (Å²) in [4.78, 5) is 37.6. The van der Waals surface area contributed by atoms with Gasteiger partial charge < -0.3 is 15.0 Å². The molecule has 2 amide bonds. The highest BCUT2D eigenvalue weighted by atomic mass is 35.5. The Balaban J connectivity index is 1.43. The van der Waals surface area contributed by atoms with Crippen molar-refractivity contribution in [2.75, 3.05) is 25.5 Å². The van der Waals surface area contributed by atoms with E-state index in [4.69, 9.17) is 16.3 Å². The first-order valence-electron chi connectivity index (χ1n) is 10.0. The standard InChI is InChI=1S/C25H23ClN2O4/c1-28(16-23(29)27-22-10-6-5-9-21(22)26)24(30)17-32-25(31)15-18-11-13-20(14-12-18)19-7-3-2-4-8-19/h2-14H,15-17H2,1H3,(H,27,29). The summed E-state index contributed by atoms with van der Waals surface area (Å²) in [5.74, 6) is -1.40. The molecule has 32 heavy (non-hydrogen) atoms. The van der Waals surface area contributed by atoms with Crippen molar-refractivity contribution in [1.29, 1.82) is 0 Å². The lowest BCUT2D eigenvalue weighted by Gasteiger charge is -2.17. The Hall–Kier alpha value is -3.64. The lowest BCUT2D eigenvalue weighted by Crippen LogP contribution is -2.37. The molecule has 0 bridgehead atoms. The normalized spacial score (nSPS) is 10.3. The number of nitrogens with one attached hydrogen (secondary N) is 1. The first kappa shape index (κ1) is 23.0. The number of halogens is 1. The molecule has 0 spiro atoms. The van der Waals surface area contributed by atoms with Crippen LogP contribution in [0.2, 0.25) is 5.02 Å². The topological polar surface area (TPSA) is 75.7 Å². The van der Waals surface area contributed by atoms with Gasteiger partial charge in [0.2, 0.25) is 5.91 Å². The molecule has 0 radical (unpaired) electrons. The highest BCUT2D eigenvalue weighted by molar-refractivity contribution is 6.33. The molecule has 0 fully saturated rings. The second-order valence-electron chi connectivity index (χ2n) is 7.18. The van der Waals surface area contributed by atoms with Gasteiger partial charge in [0.25, 0.3) is 5.91 Å². The smallest absolute Gasteiger partial charge is 0.310 e. The lowest BCUT2D eigenvalue weighted by molar-refractivity contribution is -0.151. The molecule has 3 aromatic carbocycles. The third-order valence-corrected chi connectivity index (χ3v) is 5.05. The van der Waals surface area contributed by atoms with Crippen molar-refractivity contribution in [2.45, 2.75) is 6.42 Å². The quantitative estimate of drug-likeness (QED) is 0.522. The summed E-state index contributed by atoms with van der Waals surface area (Å²) in [6.45, 7) is -0.626. The number of carbonyl (C=O) groups excluding carboxylic acids is 3. The van der Waals surface area contributed by atoms with Crippen LogP contribution in [-0.4, -0.2) is 42.9 Å².